The summed E-state index contributed by atoms with van der Waals surface area (Å²) in [5.41, 5.74) is 0.600. The summed E-state index contributed by atoms with van der Waals surface area (Å²) in [5.74, 6) is 1.27. The summed E-state index contributed by atoms with van der Waals surface area (Å²) in [6.45, 7) is 6.50. The first kappa shape index (κ1) is 16.1. The first-order valence-corrected chi connectivity index (χ1v) is 9.47. The highest BCUT2D eigenvalue weighted by molar-refractivity contribution is 5.27. The van der Waals surface area contributed by atoms with Crippen molar-refractivity contribution in [3.8, 4) is 0 Å². The van der Waals surface area contributed by atoms with Gasteiger partial charge < -0.3 is 15.3 Å². The van der Waals surface area contributed by atoms with Gasteiger partial charge in [-0.05, 0) is 75.0 Å². The van der Waals surface area contributed by atoms with E-state index in [1.807, 2.05) is 6.92 Å². The highest BCUT2D eigenvalue weighted by Crippen LogP contribution is 2.66. The average Bonchev–Trinajstić information content (AvgIpc) is 2.69. The van der Waals surface area contributed by atoms with Gasteiger partial charge in [-0.3, -0.25) is 0 Å². The van der Waals surface area contributed by atoms with Gasteiger partial charge in [0.25, 0.3) is 0 Å². The monoisotopic (exact) mass is 320 g/mol. The predicted molar refractivity (Wildman–Crippen MR) is 89.7 cm³/mol. The van der Waals surface area contributed by atoms with E-state index in [1.54, 1.807) is 0 Å². The molecule has 0 unspecified atom stereocenters. The van der Waals surface area contributed by atoms with Crippen LogP contribution in [0.25, 0.3) is 0 Å². The van der Waals surface area contributed by atoms with Gasteiger partial charge in [0.1, 0.15) is 0 Å². The Morgan fingerprint density at radius 1 is 1.09 bits per heavy atom. The first-order chi connectivity index (χ1) is 10.7. The van der Waals surface area contributed by atoms with E-state index >= 15 is 0 Å². The second-order valence-corrected chi connectivity index (χ2v) is 9.58. The van der Waals surface area contributed by atoms with Crippen LogP contribution in [0, 0.1) is 28.6 Å². The fourth-order valence-electron chi connectivity index (χ4n) is 6.99. The highest BCUT2D eigenvalue weighted by atomic mass is 16.3. The van der Waals surface area contributed by atoms with Crippen LogP contribution in [0.5, 0.6) is 0 Å². The molecule has 0 radical (unpaired) electrons. The maximum atomic E-state index is 11.1. The molecule has 3 heteroatoms. The fourth-order valence-corrected chi connectivity index (χ4v) is 6.99. The van der Waals surface area contributed by atoms with E-state index in [-0.39, 0.29) is 23.0 Å². The number of allylic oxidation sites excluding steroid dienone is 1. The number of aliphatic hydroxyl groups is 3. The van der Waals surface area contributed by atoms with Crippen LogP contribution >= 0.6 is 0 Å². The van der Waals surface area contributed by atoms with E-state index < -0.39 is 5.60 Å². The summed E-state index contributed by atoms with van der Waals surface area (Å²) >= 11 is 0. The zero-order chi connectivity index (χ0) is 16.6. The van der Waals surface area contributed by atoms with Crippen molar-refractivity contribution in [3.63, 3.8) is 0 Å². The van der Waals surface area contributed by atoms with Gasteiger partial charge in [-0.25, -0.2) is 0 Å². The number of hydrogen-bond donors (Lipinski definition) is 3. The molecule has 4 aliphatic carbocycles. The van der Waals surface area contributed by atoms with Gasteiger partial charge in [-0.15, -0.1) is 0 Å². The lowest BCUT2D eigenvalue weighted by Gasteiger charge is -2.60. The molecule has 23 heavy (non-hydrogen) atoms. The standard InChI is InChI=1S/C20H32O3/c1-18-8-6-13(21)10-12(18)4-5-14-15-7-9-20(3,23)19(15,2)11-16(22)17(14)18/h4,13-17,21-23H,5-11H2,1-3H3/t13-,14-,15-,16+,17+,18-,19-,20-/m0/s1. The van der Waals surface area contributed by atoms with E-state index in [4.69, 9.17) is 0 Å². The third-order valence-corrected chi connectivity index (χ3v) is 8.57. The van der Waals surface area contributed by atoms with Crippen LogP contribution in [0.2, 0.25) is 0 Å². The minimum Gasteiger partial charge on any atom is -0.393 e. The number of hydrogen-bond acceptors (Lipinski definition) is 3. The molecule has 3 saturated carbocycles. The lowest BCUT2D eigenvalue weighted by molar-refractivity contribution is -0.162. The smallest absolute Gasteiger partial charge is 0.0676 e. The number of aliphatic hydroxyl groups excluding tert-OH is 2. The van der Waals surface area contributed by atoms with E-state index in [2.05, 4.69) is 19.9 Å². The van der Waals surface area contributed by atoms with Crippen LogP contribution in [0.15, 0.2) is 11.6 Å². The van der Waals surface area contributed by atoms with Gasteiger partial charge in [0.15, 0.2) is 0 Å². The summed E-state index contributed by atoms with van der Waals surface area (Å²) in [4.78, 5) is 0. The second-order valence-electron chi connectivity index (χ2n) is 9.58. The topological polar surface area (TPSA) is 60.7 Å². The largest absolute Gasteiger partial charge is 0.393 e. The lowest BCUT2D eigenvalue weighted by Crippen LogP contribution is -2.59. The summed E-state index contributed by atoms with van der Waals surface area (Å²) < 4.78 is 0. The SMILES string of the molecule is C[C@]12CC[C@H](O)CC1=CC[C@@H]1[C@@H]2[C@H](O)C[C@@]2(C)[C@H]1CC[C@]2(C)O. The van der Waals surface area contributed by atoms with Crippen LogP contribution in [-0.2, 0) is 0 Å². The normalized spacial score (nSPS) is 58.9. The molecule has 0 amide bonds. The molecule has 0 aromatic carbocycles. The minimum absolute atomic E-state index is 0.0390. The zero-order valence-electron chi connectivity index (χ0n) is 14.8. The average molecular weight is 320 g/mol. The quantitative estimate of drug-likeness (QED) is 0.601. The maximum Gasteiger partial charge on any atom is 0.0676 e. The fraction of sp³-hybridized carbons (Fsp3) is 0.900. The third kappa shape index (κ3) is 1.99. The Labute approximate surface area is 139 Å². The summed E-state index contributed by atoms with van der Waals surface area (Å²) in [6.07, 6.45) is 8.11. The van der Waals surface area contributed by atoms with Crippen molar-refractivity contribution < 1.29 is 15.3 Å². The van der Waals surface area contributed by atoms with Crippen molar-refractivity contribution >= 4 is 0 Å². The lowest BCUT2D eigenvalue weighted by atomic mass is 9.46. The molecule has 3 nitrogen and oxygen atoms in total. The second kappa shape index (κ2) is 4.83. The van der Waals surface area contributed by atoms with Gasteiger partial charge >= 0.3 is 0 Å². The molecule has 0 aromatic rings. The Kier molecular flexibility index (Phi) is 3.38. The highest BCUT2D eigenvalue weighted by Gasteiger charge is 2.64. The molecule has 0 aromatic heterocycles. The molecular formula is C20H32O3. The molecule has 4 rings (SSSR count). The Morgan fingerprint density at radius 2 is 1.83 bits per heavy atom. The van der Waals surface area contributed by atoms with Crippen molar-refractivity contribution in [3.05, 3.63) is 11.6 Å². The van der Waals surface area contributed by atoms with Gasteiger partial charge in [-0.2, -0.15) is 0 Å². The minimum atomic E-state index is -0.655. The van der Waals surface area contributed by atoms with E-state index in [0.717, 1.165) is 44.9 Å². The molecule has 0 saturated heterocycles. The van der Waals surface area contributed by atoms with Crippen molar-refractivity contribution in [1.82, 2.24) is 0 Å². The van der Waals surface area contributed by atoms with Crippen molar-refractivity contribution in [2.24, 2.45) is 28.6 Å². The molecule has 4 aliphatic rings. The Hall–Kier alpha value is -0.380. The Balaban J connectivity index is 1.74. The first-order valence-electron chi connectivity index (χ1n) is 9.47. The molecular weight excluding hydrogens is 288 g/mol. The van der Waals surface area contributed by atoms with Crippen LogP contribution in [0.3, 0.4) is 0 Å². The van der Waals surface area contributed by atoms with Crippen LogP contribution in [0.4, 0.5) is 0 Å². The molecule has 3 fully saturated rings. The van der Waals surface area contributed by atoms with Gasteiger partial charge in [-0.1, -0.05) is 25.5 Å². The molecule has 130 valence electrons. The van der Waals surface area contributed by atoms with Crippen LogP contribution < -0.4 is 0 Å². The molecule has 0 aliphatic heterocycles. The molecule has 3 N–H and O–H groups in total. The molecule has 0 bridgehead atoms. The van der Waals surface area contributed by atoms with Crippen LogP contribution in [0.1, 0.15) is 65.7 Å². The van der Waals surface area contributed by atoms with Crippen molar-refractivity contribution in [1.29, 1.82) is 0 Å². The number of fused-ring (bicyclic) bond motifs is 5. The van der Waals surface area contributed by atoms with Crippen molar-refractivity contribution in [2.75, 3.05) is 0 Å². The molecule has 8 atom stereocenters. The molecule has 0 spiro atoms. The van der Waals surface area contributed by atoms with Crippen LogP contribution in [-0.4, -0.2) is 33.1 Å². The Morgan fingerprint density at radius 3 is 2.57 bits per heavy atom. The zero-order valence-corrected chi connectivity index (χ0v) is 14.8. The summed E-state index contributed by atoms with van der Waals surface area (Å²) in [5, 5.41) is 32.1. The van der Waals surface area contributed by atoms with Gasteiger partial charge in [0, 0.05) is 5.41 Å². The number of rotatable bonds is 0. The summed E-state index contributed by atoms with van der Waals surface area (Å²) in [6, 6.07) is 0. The van der Waals surface area contributed by atoms with E-state index in [0.29, 0.717) is 17.8 Å². The van der Waals surface area contributed by atoms with Crippen molar-refractivity contribution in [2.45, 2.75) is 83.5 Å². The predicted octanol–water partition coefficient (Wildman–Crippen LogP) is 3.03. The van der Waals surface area contributed by atoms with E-state index in [9.17, 15) is 15.3 Å². The summed E-state index contributed by atoms with van der Waals surface area (Å²) in [7, 11) is 0. The maximum absolute atomic E-state index is 11.1. The van der Waals surface area contributed by atoms with Gasteiger partial charge in [0.05, 0.1) is 17.8 Å². The Bertz CT molecular complexity index is 539. The van der Waals surface area contributed by atoms with Gasteiger partial charge in [0.2, 0.25) is 0 Å². The third-order valence-electron chi connectivity index (χ3n) is 8.57. The van der Waals surface area contributed by atoms with E-state index in [1.165, 1.54) is 5.57 Å². The molecule has 0 heterocycles.